The molecule has 1 saturated heterocycles. The molecule has 0 amide bonds. The van der Waals surface area contributed by atoms with Crippen LogP contribution in [0, 0.1) is 11.7 Å². The predicted octanol–water partition coefficient (Wildman–Crippen LogP) is 4.50. The second kappa shape index (κ2) is 8.69. The van der Waals surface area contributed by atoms with Crippen LogP contribution >= 0.6 is 0 Å². The van der Waals surface area contributed by atoms with Gasteiger partial charge >= 0.3 is 0 Å². The van der Waals surface area contributed by atoms with Crippen LogP contribution in [0.2, 0.25) is 0 Å². The maximum Gasteiger partial charge on any atom is 0.254 e. The van der Waals surface area contributed by atoms with Crippen molar-refractivity contribution in [2.45, 2.75) is 82.6 Å². The summed E-state index contributed by atoms with van der Waals surface area (Å²) in [6, 6.07) is 1.58. The molecule has 32 heavy (non-hydrogen) atoms. The topological polar surface area (TPSA) is 51.2 Å². The van der Waals surface area contributed by atoms with E-state index in [0.29, 0.717) is 44.3 Å². The van der Waals surface area contributed by atoms with Crippen molar-refractivity contribution in [1.82, 2.24) is 4.90 Å². The third kappa shape index (κ3) is 4.59. The molecule has 5 nitrogen and oxygen atoms in total. The van der Waals surface area contributed by atoms with Gasteiger partial charge in [-0.3, -0.25) is 4.90 Å². The number of benzene rings is 1. The van der Waals surface area contributed by atoms with Crippen LogP contribution in [0.1, 0.15) is 63.6 Å². The van der Waals surface area contributed by atoms with Crippen molar-refractivity contribution in [2.75, 3.05) is 26.8 Å². The summed E-state index contributed by atoms with van der Waals surface area (Å²) in [5.74, 6) is -4.11. The zero-order chi connectivity index (χ0) is 23.3. The van der Waals surface area contributed by atoms with Crippen molar-refractivity contribution in [1.29, 1.82) is 0 Å². The maximum absolute atomic E-state index is 15.5. The maximum atomic E-state index is 15.5. The van der Waals surface area contributed by atoms with Gasteiger partial charge < -0.3 is 19.3 Å². The Morgan fingerprint density at radius 1 is 1.28 bits per heavy atom. The van der Waals surface area contributed by atoms with E-state index in [9.17, 15) is 13.9 Å². The minimum Gasteiger partial charge on any atom is -0.493 e. The molecule has 1 aliphatic carbocycles. The van der Waals surface area contributed by atoms with Gasteiger partial charge in [0.05, 0.1) is 37.4 Å². The molecule has 1 aromatic carbocycles. The van der Waals surface area contributed by atoms with Gasteiger partial charge in [0, 0.05) is 25.6 Å². The second-order valence-electron chi connectivity index (χ2n) is 10.3. The van der Waals surface area contributed by atoms with Crippen LogP contribution in [0.25, 0.3) is 0 Å². The van der Waals surface area contributed by atoms with Gasteiger partial charge in [0.2, 0.25) is 0 Å². The van der Waals surface area contributed by atoms with Crippen molar-refractivity contribution in [3.63, 3.8) is 0 Å². The molecule has 3 aliphatic rings. The number of aliphatic hydroxyl groups is 1. The molecule has 0 aromatic heterocycles. The largest absolute Gasteiger partial charge is 0.493 e. The molecule has 1 unspecified atom stereocenters. The first-order valence-corrected chi connectivity index (χ1v) is 11.5. The number of rotatable bonds is 5. The van der Waals surface area contributed by atoms with Crippen molar-refractivity contribution in [3.05, 3.63) is 23.0 Å². The van der Waals surface area contributed by atoms with Gasteiger partial charge in [-0.15, -0.1) is 0 Å². The number of halogens is 3. The van der Waals surface area contributed by atoms with E-state index in [1.54, 1.807) is 6.07 Å². The highest BCUT2D eigenvalue weighted by molar-refractivity contribution is 5.51. The summed E-state index contributed by atoms with van der Waals surface area (Å²) in [6.07, 6.45) is 0.580. The SMILES string of the molecule is COc1cc2c(c(F)c1OCC1CCCC1(F)F)CCN1C[C@@H](OC(C)(C)C)[C@H](O)C[C@H]21. The van der Waals surface area contributed by atoms with Gasteiger partial charge in [-0.2, -0.15) is 0 Å². The van der Waals surface area contributed by atoms with E-state index >= 15 is 4.39 Å². The van der Waals surface area contributed by atoms with Crippen LogP contribution in [0.4, 0.5) is 13.2 Å². The molecule has 4 rings (SSSR count). The quantitative estimate of drug-likeness (QED) is 0.706. The molecule has 1 saturated carbocycles. The average Bonchev–Trinajstić information content (AvgIpc) is 3.04. The van der Waals surface area contributed by atoms with Crippen LogP contribution in [0.15, 0.2) is 6.07 Å². The Kier molecular flexibility index (Phi) is 6.42. The third-order valence-corrected chi connectivity index (χ3v) is 6.89. The van der Waals surface area contributed by atoms with Gasteiger partial charge in [0.1, 0.15) is 0 Å². The molecular formula is C24H34F3NO4. The van der Waals surface area contributed by atoms with E-state index in [4.69, 9.17) is 14.2 Å². The summed E-state index contributed by atoms with van der Waals surface area (Å²) in [6.45, 7) is 6.82. The van der Waals surface area contributed by atoms with Crippen LogP contribution in [-0.2, 0) is 11.2 Å². The molecule has 2 heterocycles. The molecular weight excluding hydrogens is 423 g/mol. The molecule has 0 spiro atoms. The van der Waals surface area contributed by atoms with Crippen LogP contribution in [0.5, 0.6) is 11.5 Å². The summed E-state index contributed by atoms with van der Waals surface area (Å²) in [4.78, 5) is 2.21. The molecule has 180 valence electrons. The number of hydrogen-bond donors (Lipinski definition) is 1. The Balaban J connectivity index is 1.56. The van der Waals surface area contributed by atoms with E-state index in [2.05, 4.69) is 4.90 Å². The fourth-order valence-electron chi connectivity index (χ4n) is 5.30. The van der Waals surface area contributed by atoms with Crippen molar-refractivity contribution >= 4 is 0 Å². The highest BCUT2D eigenvalue weighted by Gasteiger charge is 2.45. The first-order chi connectivity index (χ1) is 15.0. The Labute approximate surface area is 187 Å². The molecule has 4 atom stereocenters. The van der Waals surface area contributed by atoms with Gasteiger partial charge in [-0.1, -0.05) is 0 Å². The molecule has 1 aromatic rings. The summed E-state index contributed by atoms with van der Waals surface area (Å²) in [5, 5.41) is 10.7. The third-order valence-electron chi connectivity index (χ3n) is 6.89. The van der Waals surface area contributed by atoms with E-state index in [1.807, 2.05) is 20.8 Å². The van der Waals surface area contributed by atoms with E-state index in [-0.39, 0.29) is 42.3 Å². The lowest BCUT2D eigenvalue weighted by atomic mass is 9.84. The summed E-state index contributed by atoms with van der Waals surface area (Å²) < 4.78 is 60.5. The van der Waals surface area contributed by atoms with Crippen LogP contribution in [-0.4, -0.2) is 60.5 Å². The Bertz CT molecular complexity index is 842. The Hall–Kier alpha value is -1.51. The first kappa shape index (κ1) is 23.6. The number of methoxy groups -OCH3 is 1. The number of nitrogens with zero attached hydrogens (tertiary/aromatic N) is 1. The molecule has 1 N–H and O–H groups in total. The highest BCUT2D eigenvalue weighted by Crippen LogP contribution is 2.46. The molecule has 2 fully saturated rings. The zero-order valence-corrected chi connectivity index (χ0v) is 19.3. The lowest BCUT2D eigenvalue weighted by molar-refractivity contribution is -0.149. The molecule has 2 aliphatic heterocycles. The van der Waals surface area contributed by atoms with Gasteiger partial charge in [-0.05, 0) is 63.6 Å². The van der Waals surface area contributed by atoms with E-state index in [0.717, 1.165) is 5.56 Å². The van der Waals surface area contributed by atoms with Crippen molar-refractivity contribution < 1.29 is 32.5 Å². The number of hydrogen-bond acceptors (Lipinski definition) is 5. The molecule has 0 radical (unpaired) electrons. The van der Waals surface area contributed by atoms with Crippen molar-refractivity contribution in [3.8, 4) is 11.5 Å². The average molecular weight is 458 g/mol. The number of alkyl halides is 2. The predicted molar refractivity (Wildman–Crippen MR) is 114 cm³/mol. The number of piperidine rings is 1. The first-order valence-electron chi connectivity index (χ1n) is 11.5. The number of ether oxygens (including phenoxy) is 3. The Morgan fingerprint density at radius 3 is 2.66 bits per heavy atom. The van der Waals surface area contributed by atoms with E-state index < -0.39 is 23.8 Å². The fraction of sp³-hybridized carbons (Fsp3) is 0.750. The van der Waals surface area contributed by atoms with Crippen LogP contribution < -0.4 is 9.47 Å². The van der Waals surface area contributed by atoms with Gasteiger partial charge in [0.15, 0.2) is 17.3 Å². The Morgan fingerprint density at radius 2 is 2.03 bits per heavy atom. The summed E-state index contributed by atoms with van der Waals surface area (Å²) in [7, 11) is 1.42. The lowest BCUT2D eigenvalue weighted by Gasteiger charge is -2.47. The van der Waals surface area contributed by atoms with E-state index in [1.165, 1.54) is 7.11 Å². The van der Waals surface area contributed by atoms with Crippen molar-refractivity contribution in [2.24, 2.45) is 5.92 Å². The normalized spacial score (nSPS) is 30.0. The monoisotopic (exact) mass is 457 g/mol. The van der Waals surface area contributed by atoms with Gasteiger partial charge in [-0.25, -0.2) is 13.2 Å². The lowest BCUT2D eigenvalue weighted by Crippen LogP contribution is -2.53. The van der Waals surface area contributed by atoms with Crippen LogP contribution in [0.3, 0.4) is 0 Å². The minimum atomic E-state index is -2.78. The highest BCUT2D eigenvalue weighted by atomic mass is 19.3. The molecule has 8 heteroatoms. The fourth-order valence-corrected chi connectivity index (χ4v) is 5.30. The zero-order valence-electron chi connectivity index (χ0n) is 19.3. The minimum absolute atomic E-state index is 0.0901. The standard InChI is InChI=1S/C24H34F3NO4/c1-23(2,3)32-20-12-28-9-7-15-16(17(28)11-18(20)29)10-19(30-4)22(21(15)25)31-13-14-6-5-8-24(14,26)27/h10,14,17-18,20,29H,5-9,11-13H2,1-4H3/t14?,17-,18-,20-/m1/s1. The number of fused-ring (bicyclic) bond motifs is 3. The molecule has 0 bridgehead atoms. The second-order valence-corrected chi connectivity index (χ2v) is 10.3. The summed E-state index contributed by atoms with van der Waals surface area (Å²) >= 11 is 0. The number of aliphatic hydroxyl groups excluding tert-OH is 1. The van der Waals surface area contributed by atoms with Gasteiger partial charge in [0.25, 0.3) is 5.92 Å². The summed E-state index contributed by atoms with van der Waals surface area (Å²) in [5.41, 5.74) is 0.907. The smallest absolute Gasteiger partial charge is 0.254 e.